The third kappa shape index (κ3) is 1.82. The van der Waals surface area contributed by atoms with Crippen molar-refractivity contribution < 1.29 is 4.74 Å². The Morgan fingerprint density at radius 1 is 1.25 bits per heavy atom. The highest BCUT2D eigenvalue weighted by atomic mass is 32.2. The van der Waals surface area contributed by atoms with Crippen LogP contribution >= 0.6 is 11.8 Å². The molecule has 1 atom stereocenters. The molecule has 2 rings (SSSR count). The summed E-state index contributed by atoms with van der Waals surface area (Å²) < 4.78 is 5.64. The minimum absolute atomic E-state index is 0.324. The lowest BCUT2D eigenvalue weighted by Crippen LogP contribution is -2.15. The first-order chi connectivity index (χ1) is 5.97. The summed E-state index contributed by atoms with van der Waals surface area (Å²) >= 11 is 1.97. The molecule has 0 N–H and O–H groups in total. The lowest BCUT2D eigenvalue weighted by Gasteiger charge is -2.22. The van der Waals surface area contributed by atoms with E-state index in [0.717, 1.165) is 18.1 Å². The second-order valence-corrected chi connectivity index (χ2v) is 3.99. The Bertz CT molecular complexity index is 229. The first-order valence-corrected chi connectivity index (χ1v) is 5.36. The van der Waals surface area contributed by atoms with E-state index in [1.54, 1.807) is 0 Å². The molecule has 0 aliphatic carbocycles. The SMILES string of the molecule is c1ccc([C@H]2CSCCO2)cc1. The molecule has 1 heterocycles. The molecule has 0 amide bonds. The lowest BCUT2D eigenvalue weighted by atomic mass is 10.1. The largest absolute Gasteiger partial charge is 0.372 e. The summed E-state index contributed by atoms with van der Waals surface area (Å²) in [5.74, 6) is 2.24. The summed E-state index contributed by atoms with van der Waals surface area (Å²) in [5, 5.41) is 0. The van der Waals surface area contributed by atoms with E-state index in [2.05, 4.69) is 24.3 Å². The Labute approximate surface area is 77.1 Å². The number of benzene rings is 1. The molecule has 1 saturated heterocycles. The van der Waals surface area contributed by atoms with Crippen LogP contribution in [0.5, 0.6) is 0 Å². The highest BCUT2D eigenvalue weighted by Gasteiger charge is 2.15. The summed E-state index contributed by atoms with van der Waals surface area (Å²) in [6.45, 7) is 0.893. The van der Waals surface area contributed by atoms with Gasteiger partial charge in [0.2, 0.25) is 0 Å². The first-order valence-electron chi connectivity index (χ1n) is 4.21. The molecule has 64 valence electrons. The van der Waals surface area contributed by atoms with Crippen molar-refractivity contribution in [2.45, 2.75) is 6.10 Å². The van der Waals surface area contributed by atoms with Gasteiger partial charge in [-0.2, -0.15) is 11.8 Å². The Morgan fingerprint density at radius 3 is 2.75 bits per heavy atom. The third-order valence-electron chi connectivity index (χ3n) is 1.99. The van der Waals surface area contributed by atoms with Crippen LogP contribution in [0.25, 0.3) is 0 Å². The van der Waals surface area contributed by atoms with Crippen molar-refractivity contribution in [2.24, 2.45) is 0 Å². The molecule has 1 aliphatic rings. The van der Waals surface area contributed by atoms with Crippen molar-refractivity contribution in [2.75, 3.05) is 18.1 Å². The molecule has 0 saturated carbocycles. The summed E-state index contributed by atoms with van der Waals surface area (Å²) in [5.41, 5.74) is 1.31. The van der Waals surface area contributed by atoms with E-state index in [0.29, 0.717) is 6.10 Å². The highest BCUT2D eigenvalue weighted by Crippen LogP contribution is 2.25. The van der Waals surface area contributed by atoms with Gasteiger partial charge in [0.05, 0.1) is 12.7 Å². The maximum Gasteiger partial charge on any atom is 0.0915 e. The second-order valence-electron chi connectivity index (χ2n) is 2.85. The van der Waals surface area contributed by atoms with Crippen LogP contribution in [0.4, 0.5) is 0 Å². The smallest absolute Gasteiger partial charge is 0.0915 e. The van der Waals surface area contributed by atoms with Gasteiger partial charge in [-0.1, -0.05) is 30.3 Å². The molecule has 1 fully saturated rings. The first kappa shape index (κ1) is 8.14. The van der Waals surface area contributed by atoms with Gasteiger partial charge in [0.1, 0.15) is 0 Å². The Hall–Kier alpha value is -0.470. The predicted octanol–water partition coefficient (Wildman–Crippen LogP) is 2.49. The molecule has 0 aromatic heterocycles. The number of hydrogen-bond acceptors (Lipinski definition) is 2. The Balaban J connectivity index is 2.08. The monoisotopic (exact) mass is 180 g/mol. The maximum atomic E-state index is 5.64. The van der Waals surface area contributed by atoms with E-state index in [9.17, 15) is 0 Å². The van der Waals surface area contributed by atoms with Crippen LogP contribution in [0.2, 0.25) is 0 Å². The van der Waals surface area contributed by atoms with Crippen LogP contribution in [0.1, 0.15) is 11.7 Å². The van der Waals surface area contributed by atoms with E-state index >= 15 is 0 Å². The second kappa shape index (κ2) is 3.97. The molecule has 0 unspecified atom stereocenters. The summed E-state index contributed by atoms with van der Waals surface area (Å²) in [4.78, 5) is 0. The average Bonchev–Trinajstić information content (AvgIpc) is 2.21. The molecule has 1 aliphatic heterocycles. The molecule has 0 spiro atoms. The van der Waals surface area contributed by atoms with Crippen molar-refractivity contribution in [3.8, 4) is 0 Å². The molecule has 1 aromatic rings. The van der Waals surface area contributed by atoms with Crippen molar-refractivity contribution in [1.29, 1.82) is 0 Å². The molecule has 12 heavy (non-hydrogen) atoms. The molecule has 0 bridgehead atoms. The van der Waals surface area contributed by atoms with Crippen LogP contribution in [0.15, 0.2) is 30.3 Å². The molecular formula is C10H12OS. The topological polar surface area (TPSA) is 9.23 Å². The quantitative estimate of drug-likeness (QED) is 0.656. The zero-order valence-electron chi connectivity index (χ0n) is 6.90. The minimum Gasteiger partial charge on any atom is -0.372 e. The minimum atomic E-state index is 0.324. The zero-order valence-corrected chi connectivity index (χ0v) is 7.72. The van der Waals surface area contributed by atoms with E-state index in [1.165, 1.54) is 5.56 Å². The predicted molar refractivity (Wildman–Crippen MR) is 52.5 cm³/mol. The standard InChI is InChI=1S/C10H12OS/c1-2-4-9(5-3-1)10-8-12-7-6-11-10/h1-5,10H,6-8H2/t10-/m1/s1. The normalized spacial score (nSPS) is 23.8. The van der Waals surface area contributed by atoms with Crippen molar-refractivity contribution in [3.05, 3.63) is 35.9 Å². The van der Waals surface area contributed by atoms with Gasteiger partial charge < -0.3 is 4.74 Å². The summed E-state index contributed by atoms with van der Waals surface area (Å²) in [6.07, 6.45) is 0.324. The van der Waals surface area contributed by atoms with Gasteiger partial charge in [-0.15, -0.1) is 0 Å². The van der Waals surface area contributed by atoms with Gasteiger partial charge in [0.15, 0.2) is 0 Å². The highest BCUT2D eigenvalue weighted by molar-refractivity contribution is 7.99. The molecule has 1 aromatic carbocycles. The Kier molecular flexibility index (Phi) is 2.69. The Morgan fingerprint density at radius 2 is 2.08 bits per heavy atom. The van der Waals surface area contributed by atoms with Gasteiger partial charge >= 0.3 is 0 Å². The summed E-state index contributed by atoms with van der Waals surface area (Å²) in [7, 11) is 0. The fourth-order valence-corrected chi connectivity index (χ4v) is 2.23. The van der Waals surface area contributed by atoms with Gasteiger partial charge in [-0.05, 0) is 5.56 Å². The van der Waals surface area contributed by atoms with E-state index in [1.807, 2.05) is 17.8 Å². The molecule has 2 heteroatoms. The molecular weight excluding hydrogens is 168 g/mol. The zero-order chi connectivity index (χ0) is 8.23. The van der Waals surface area contributed by atoms with Gasteiger partial charge in [0, 0.05) is 11.5 Å². The van der Waals surface area contributed by atoms with E-state index < -0.39 is 0 Å². The summed E-state index contributed by atoms with van der Waals surface area (Å²) in [6, 6.07) is 10.4. The maximum absolute atomic E-state index is 5.64. The fraction of sp³-hybridized carbons (Fsp3) is 0.400. The molecule has 1 nitrogen and oxygen atoms in total. The third-order valence-corrected chi connectivity index (χ3v) is 2.98. The number of thioether (sulfide) groups is 1. The fourth-order valence-electron chi connectivity index (χ4n) is 1.35. The van der Waals surface area contributed by atoms with Crippen LogP contribution in [0.3, 0.4) is 0 Å². The van der Waals surface area contributed by atoms with E-state index in [4.69, 9.17) is 4.74 Å². The van der Waals surface area contributed by atoms with Gasteiger partial charge in [-0.3, -0.25) is 0 Å². The number of ether oxygens (including phenoxy) is 1. The lowest BCUT2D eigenvalue weighted by molar-refractivity contribution is 0.0757. The molecule has 0 radical (unpaired) electrons. The van der Waals surface area contributed by atoms with Crippen LogP contribution in [0, 0.1) is 0 Å². The van der Waals surface area contributed by atoms with Gasteiger partial charge in [0.25, 0.3) is 0 Å². The van der Waals surface area contributed by atoms with Crippen molar-refractivity contribution in [1.82, 2.24) is 0 Å². The van der Waals surface area contributed by atoms with Gasteiger partial charge in [-0.25, -0.2) is 0 Å². The van der Waals surface area contributed by atoms with E-state index in [-0.39, 0.29) is 0 Å². The van der Waals surface area contributed by atoms with Crippen LogP contribution < -0.4 is 0 Å². The number of rotatable bonds is 1. The average molecular weight is 180 g/mol. The van der Waals surface area contributed by atoms with Crippen molar-refractivity contribution >= 4 is 11.8 Å². The van der Waals surface area contributed by atoms with Crippen LogP contribution in [-0.4, -0.2) is 18.1 Å². The number of hydrogen-bond donors (Lipinski definition) is 0. The van der Waals surface area contributed by atoms with Crippen molar-refractivity contribution in [3.63, 3.8) is 0 Å². The van der Waals surface area contributed by atoms with Crippen LogP contribution in [-0.2, 0) is 4.74 Å².